The largest absolute Gasteiger partial charge is 0.360 e. The van der Waals surface area contributed by atoms with Gasteiger partial charge in [0.1, 0.15) is 5.76 Å². The Morgan fingerprint density at radius 2 is 2.11 bits per heavy atom. The van der Waals surface area contributed by atoms with Crippen LogP contribution in [0.5, 0.6) is 0 Å². The summed E-state index contributed by atoms with van der Waals surface area (Å²) >= 11 is 0. The molecule has 1 saturated heterocycles. The Morgan fingerprint density at radius 1 is 1.30 bits per heavy atom. The molecule has 8 nitrogen and oxygen atoms in total. The Labute approximate surface area is 158 Å². The molecule has 1 aliphatic heterocycles. The normalized spacial score (nSPS) is 18.1. The van der Waals surface area contributed by atoms with Gasteiger partial charge in [-0.25, -0.2) is 4.68 Å². The van der Waals surface area contributed by atoms with Crippen molar-refractivity contribution < 1.29 is 9.32 Å². The monoisotopic (exact) mass is 375 g/mol. The van der Waals surface area contributed by atoms with Crippen LogP contribution >= 0.6 is 0 Å². The molecule has 1 aliphatic rings. The molecule has 0 radical (unpaired) electrons. The minimum atomic E-state index is -0.320. The van der Waals surface area contributed by atoms with Crippen LogP contribution in [0.4, 0.5) is 0 Å². The Morgan fingerprint density at radius 3 is 2.89 bits per heavy atom. The zero-order valence-electron chi connectivity index (χ0n) is 16.5. The molecule has 8 heteroatoms. The lowest BCUT2D eigenvalue weighted by atomic mass is 10.0. The number of piperidine rings is 1. The Bertz CT molecular complexity index is 857. The van der Waals surface area contributed by atoms with Crippen LogP contribution in [-0.2, 0) is 11.3 Å². The molecule has 1 unspecified atom stereocenters. The fourth-order valence-corrected chi connectivity index (χ4v) is 3.79. The van der Waals surface area contributed by atoms with Crippen LogP contribution in [0.3, 0.4) is 0 Å². The highest BCUT2D eigenvalue weighted by atomic mass is 16.5. The molecule has 1 N–H and O–H groups in total. The number of nitrogens with one attached hydrogen (secondary N) is 1. The van der Waals surface area contributed by atoms with Crippen LogP contribution in [0.15, 0.2) is 9.32 Å². The predicted octanol–water partition coefficient (Wildman–Crippen LogP) is 1.77. The van der Waals surface area contributed by atoms with E-state index < -0.39 is 0 Å². The van der Waals surface area contributed by atoms with Gasteiger partial charge in [-0.15, -0.1) is 0 Å². The first-order valence-corrected chi connectivity index (χ1v) is 9.82. The van der Waals surface area contributed by atoms with E-state index in [0.29, 0.717) is 29.4 Å². The SMILES string of the molecule is Cc1nn(CCC(=O)NCCCN2CCCCC2C)c(=O)c2noc(C)c12. The van der Waals surface area contributed by atoms with Gasteiger partial charge in [-0.2, -0.15) is 5.10 Å². The predicted molar refractivity (Wildman–Crippen MR) is 103 cm³/mol. The van der Waals surface area contributed by atoms with Gasteiger partial charge in [0.25, 0.3) is 5.56 Å². The summed E-state index contributed by atoms with van der Waals surface area (Å²) in [5, 5.41) is 11.7. The highest BCUT2D eigenvalue weighted by Gasteiger charge is 2.18. The fourth-order valence-electron chi connectivity index (χ4n) is 3.79. The number of carbonyl (C=O) groups excluding carboxylic acids is 1. The molecule has 0 aromatic carbocycles. The van der Waals surface area contributed by atoms with E-state index in [1.165, 1.54) is 23.9 Å². The average Bonchev–Trinajstić information content (AvgIpc) is 3.04. The van der Waals surface area contributed by atoms with Gasteiger partial charge < -0.3 is 14.7 Å². The van der Waals surface area contributed by atoms with Gasteiger partial charge in [0, 0.05) is 25.6 Å². The molecule has 0 spiro atoms. The quantitative estimate of drug-likeness (QED) is 0.742. The number of carbonyl (C=O) groups is 1. The number of amides is 1. The number of rotatable bonds is 7. The van der Waals surface area contributed by atoms with Gasteiger partial charge in [0.2, 0.25) is 5.91 Å². The molecular formula is C19H29N5O3. The molecule has 0 saturated carbocycles. The third-order valence-electron chi connectivity index (χ3n) is 5.37. The summed E-state index contributed by atoms with van der Waals surface area (Å²) in [5.74, 6) is 0.518. The van der Waals surface area contributed by atoms with Crippen molar-refractivity contribution >= 4 is 16.8 Å². The van der Waals surface area contributed by atoms with Crippen molar-refractivity contribution in [1.29, 1.82) is 0 Å². The van der Waals surface area contributed by atoms with Gasteiger partial charge in [0.15, 0.2) is 5.52 Å². The van der Waals surface area contributed by atoms with Crippen LogP contribution in [0.25, 0.3) is 10.9 Å². The van der Waals surface area contributed by atoms with Crippen LogP contribution in [-0.4, -0.2) is 51.4 Å². The van der Waals surface area contributed by atoms with Crippen molar-refractivity contribution in [1.82, 2.24) is 25.2 Å². The Kier molecular flexibility index (Phi) is 6.26. The van der Waals surface area contributed by atoms with Gasteiger partial charge in [-0.3, -0.25) is 9.59 Å². The second-order valence-corrected chi connectivity index (χ2v) is 7.41. The first-order chi connectivity index (χ1) is 13.0. The maximum absolute atomic E-state index is 12.4. The number of fused-ring (bicyclic) bond motifs is 1. The summed E-state index contributed by atoms with van der Waals surface area (Å²) in [5.41, 5.74) is 0.634. The van der Waals surface area contributed by atoms with E-state index in [1.54, 1.807) is 6.92 Å². The summed E-state index contributed by atoms with van der Waals surface area (Å²) in [7, 11) is 0. The summed E-state index contributed by atoms with van der Waals surface area (Å²) in [6.45, 7) is 8.91. The van der Waals surface area contributed by atoms with Crippen molar-refractivity contribution in [2.24, 2.45) is 0 Å². The molecule has 1 amide bonds. The lowest BCUT2D eigenvalue weighted by Crippen LogP contribution is -2.39. The lowest BCUT2D eigenvalue weighted by Gasteiger charge is -2.33. The molecule has 2 aromatic rings. The summed E-state index contributed by atoms with van der Waals surface area (Å²) < 4.78 is 6.39. The van der Waals surface area contributed by atoms with E-state index in [1.807, 2.05) is 6.92 Å². The van der Waals surface area contributed by atoms with Crippen molar-refractivity contribution in [2.75, 3.05) is 19.6 Å². The fraction of sp³-hybridized carbons (Fsp3) is 0.684. The Balaban J connectivity index is 1.46. The topological polar surface area (TPSA) is 93.3 Å². The molecule has 3 heterocycles. The zero-order valence-corrected chi connectivity index (χ0v) is 16.5. The van der Waals surface area contributed by atoms with Crippen molar-refractivity contribution in [3.05, 3.63) is 21.8 Å². The van der Waals surface area contributed by atoms with Crippen LogP contribution in [0.1, 0.15) is 50.5 Å². The molecule has 2 aromatic heterocycles. The molecule has 27 heavy (non-hydrogen) atoms. The highest BCUT2D eigenvalue weighted by Crippen LogP contribution is 2.17. The number of nitrogens with zero attached hydrogens (tertiary/aromatic N) is 4. The molecule has 1 atom stereocenters. The molecular weight excluding hydrogens is 346 g/mol. The molecule has 0 aliphatic carbocycles. The summed E-state index contributed by atoms with van der Waals surface area (Å²) in [4.78, 5) is 27.0. The van der Waals surface area contributed by atoms with Gasteiger partial charge in [-0.05, 0) is 46.6 Å². The number of likely N-dealkylation sites (tertiary alicyclic amines) is 1. The van der Waals surface area contributed by atoms with E-state index >= 15 is 0 Å². The van der Waals surface area contributed by atoms with E-state index in [2.05, 4.69) is 27.4 Å². The van der Waals surface area contributed by atoms with E-state index in [0.717, 1.165) is 19.5 Å². The first-order valence-electron chi connectivity index (χ1n) is 9.82. The lowest BCUT2D eigenvalue weighted by molar-refractivity contribution is -0.121. The third kappa shape index (κ3) is 4.55. The highest BCUT2D eigenvalue weighted by molar-refractivity contribution is 5.81. The van der Waals surface area contributed by atoms with Gasteiger partial charge in [-0.1, -0.05) is 11.6 Å². The van der Waals surface area contributed by atoms with Crippen molar-refractivity contribution in [3.63, 3.8) is 0 Å². The van der Waals surface area contributed by atoms with Crippen molar-refractivity contribution in [2.45, 2.75) is 65.5 Å². The number of hydrogen-bond acceptors (Lipinski definition) is 6. The van der Waals surface area contributed by atoms with E-state index in [-0.39, 0.29) is 29.9 Å². The van der Waals surface area contributed by atoms with Crippen LogP contribution in [0, 0.1) is 13.8 Å². The summed E-state index contributed by atoms with van der Waals surface area (Å²) in [6, 6.07) is 0.644. The number of aromatic nitrogens is 3. The van der Waals surface area contributed by atoms with E-state index in [4.69, 9.17) is 4.52 Å². The van der Waals surface area contributed by atoms with Gasteiger partial charge >= 0.3 is 0 Å². The average molecular weight is 375 g/mol. The smallest absolute Gasteiger partial charge is 0.296 e. The van der Waals surface area contributed by atoms with E-state index in [9.17, 15) is 9.59 Å². The maximum Gasteiger partial charge on any atom is 0.296 e. The molecule has 1 fully saturated rings. The number of aryl methyl sites for hydroxylation is 3. The maximum atomic E-state index is 12.4. The molecule has 3 rings (SSSR count). The van der Waals surface area contributed by atoms with Crippen LogP contribution in [0.2, 0.25) is 0 Å². The second kappa shape index (κ2) is 8.65. The van der Waals surface area contributed by atoms with Crippen LogP contribution < -0.4 is 10.9 Å². The van der Waals surface area contributed by atoms with Crippen molar-refractivity contribution in [3.8, 4) is 0 Å². The molecule has 0 bridgehead atoms. The standard InChI is InChI=1S/C19H29N5O3/c1-13-7-4-5-10-23(13)11-6-9-20-16(25)8-12-24-19(26)18-17(14(2)21-24)15(3)27-22-18/h13H,4-12H2,1-3H3,(H,20,25). The minimum Gasteiger partial charge on any atom is -0.360 e. The first kappa shape index (κ1) is 19.5. The summed E-state index contributed by atoms with van der Waals surface area (Å²) in [6.07, 6.45) is 5.02. The second-order valence-electron chi connectivity index (χ2n) is 7.41. The zero-order chi connectivity index (χ0) is 19.4. The Hall–Kier alpha value is -2.22. The number of hydrogen-bond donors (Lipinski definition) is 1. The molecule has 148 valence electrons. The van der Waals surface area contributed by atoms with Gasteiger partial charge in [0.05, 0.1) is 17.6 Å². The third-order valence-corrected chi connectivity index (χ3v) is 5.37. The minimum absolute atomic E-state index is 0.0653.